The van der Waals surface area contributed by atoms with Gasteiger partial charge in [0, 0.05) is 36.1 Å². The lowest BCUT2D eigenvalue weighted by molar-refractivity contribution is -0.106. The van der Waals surface area contributed by atoms with Crippen LogP contribution in [0.25, 0.3) is 0 Å². The number of benzene rings is 1. The van der Waals surface area contributed by atoms with Crippen molar-refractivity contribution in [2.75, 3.05) is 13.2 Å². The number of nitrogens with zero attached hydrogens (tertiary/aromatic N) is 1. The fourth-order valence-corrected chi connectivity index (χ4v) is 3.88. The van der Waals surface area contributed by atoms with Crippen molar-refractivity contribution in [1.82, 2.24) is 10.6 Å². The molecule has 0 radical (unpaired) electrons. The molecule has 0 spiro atoms. The lowest BCUT2D eigenvalue weighted by Gasteiger charge is -2.54. The first kappa shape index (κ1) is 19.4. The second kappa shape index (κ2) is 7.99. The SMILES string of the molecule is CCNC(=NCc1ccccc1F)NC1C2CCOC2C1(C)C.I. The first-order valence-electron chi connectivity index (χ1n) is 8.44. The number of guanidine groups is 1. The summed E-state index contributed by atoms with van der Waals surface area (Å²) in [5, 5.41) is 6.81. The van der Waals surface area contributed by atoms with Gasteiger partial charge in [-0.15, -0.1) is 24.0 Å². The van der Waals surface area contributed by atoms with E-state index in [-0.39, 0.29) is 35.2 Å². The Morgan fingerprint density at radius 3 is 2.83 bits per heavy atom. The summed E-state index contributed by atoms with van der Waals surface area (Å²) in [6.45, 7) is 8.46. The van der Waals surface area contributed by atoms with Crippen LogP contribution >= 0.6 is 24.0 Å². The van der Waals surface area contributed by atoms with Gasteiger partial charge in [0.15, 0.2) is 5.96 Å². The molecule has 2 N–H and O–H groups in total. The standard InChI is InChI=1S/C18H26FN3O.HI/c1-4-20-17(21-11-12-7-5-6-8-14(12)19)22-15-13-9-10-23-16(13)18(15,2)3;/h5-8,13,15-16H,4,9-11H2,1-3H3,(H2,20,21,22);1H. The Kier molecular flexibility index (Phi) is 6.47. The largest absolute Gasteiger partial charge is 0.377 e. The molecule has 3 atom stereocenters. The van der Waals surface area contributed by atoms with Crippen molar-refractivity contribution < 1.29 is 9.13 Å². The van der Waals surface area contributed by atoms with Gasteiger partial charge in [-0.1, -0.05) is 32.0 Å². The third kappa shape index (κ3) is 3.69. The van der Waals surface area contributed by atoms with Crippen LogP contribution in [0.5, 0.6) is 0 Å². The summed E-state index contributed by atoms with van der Waals surface area (Å²) in [5.74, 6) is 1.09. The molecule has 0 aromatic heterocycles. The zero-order chi connectivity index (χ0) is 16.4. The topological polar surface area (TPSA) is 45.7 Å². The number of hydrogen-bond acceptors (Lipinski definition) is 2. The van der Waals surface area contributed by atoms with E-state index in [1.165, 1.54) is 6.07 Å². The Hall–Kier alpha value is -0.890. The molecular formula is C18H27FIN3O. The average Bonchev–Trinajstić information content (AvgIpc) is 2.98. The van der Waals surface area contributed by atoms with Crippen molar-refractivity contribution in [3.8, 4) is 0 Å². The van der Waals surface area contributed by atoms with E-state index in [4.69, 9.17) is 4.74 Å². The summed E-state index contributed by atoms with van der Waals surface area (Å²) in [6.07, 6.45) is 1.44. The molecule has 0 bridgehead atoms. The Morgan fingerprint density at radius 2 is 2.12 bits per heavy atom. The van der Waals surface area contributed by atoms with Crippen LogP contribution in [0, 0.1) is 17.2 Å². The summed E-state index contributed by atoms with van der Waals surface area (Å²) in [7, 11) is 0. The summed E-state index contributed by atoms with van der Waals surface area (Å²) in [5.41, 5.74) is 0.703. The van der Waals surface area contributed by atoms with Crippen molar-refractivity contribution >= 4 is 29.9 Å². The van der Waals surface area contributed by atoms with Crippen LogP contribution in [0.3, 0.4) is 0 Å². The van der Waals surface area contributed by atoms with E-state index < -0.39 is 0 Å². The maximum Gasteiger partial charge on any atom is 0.191 e. The van der Waals surface area contributed by atoms with Gasteiger partial charge in [0.25, 0.3) is 0 Å². The van der Waals surface area contributed by atoms with Gasteiger partial charge in [-0.05, 0) is 19.4 Å². The van der Waals surface area contributed by atoms with Gasteiger partial charge in [-0.3, -0.25) is 0 Å². The number of ether oxygens (including phenoxy) is 1. The normalized spacial score (nSPS) is 27.7. The molecule has 1 aliphatic carbocycles. The Labute approximate surface area is 160 Å². The third-order valence-corrected chi connectivity index (χ3v) is 5.10. The first-order chi connectivity index (χ1) is 11.0. The molecule has 4 nitrogen and oxygen atoms in total. The monoisotopic (exact) mass is 447 g/mol. The molecule has 1 saturated carbocycles. The van der Waals surface area contributed by atoms with Gasteiger partial charge in [0.2, 0.25) is 0 Å². The Bertz CT molecular complexity index is 593. The molecule has 3 unspecified atom stereocenters. The molecular weight excluding hydrogens is 420 g/mol. The lowest BCUT2D eigenvalue weighted by Crippen LogP contribution is -2.67. The number of rotatable bonds is 4. The maximum absolute atomic E-state index is 13.7. The van der Waals surface area contributed by atoms with Gasteiger partial charge in [0.1, 0.15) is 5.82 Å². The molecule has 2 fully saturated rings. The van der Waals surface area contributed by atoms with Gasteiger partial charge < -0.3 is 15.4 Å². The smallest absolute Gasteiger partial charge is 0.191 e. The van der Waals surface area contributed by atoms with E-state index in [0.29, 0.717) is 30.2 Å². The highest BCUT2D eigenvalue weighted by Crippen LogP contribution is 2.52. The van der Waals surface area contributed by atoms with Crippen LogP contribution in [0.4, 0.5) is 4.39 Å². The van der Waals surface area contributed by atoms with E-state index >= 15 is 0 Å². The van der Waals surface area contributed by atoms with Gasteiger partial charge >= 0.3 is 0 Å². The predicted octanol–water partition coefficient (Wildman–Crippen LogP) is 3.31. The quantitative estimate of drug-likeness (QED) is 0.423. The van der Waals surface area contributed by atoms with E-state index in [1.54, 1.807) is 12.1 Å². The van der Waals surface area contributed by atoms with Crippen LogP contribution in [-0.4, -0.2) is 31.3 Å². The van der Waals surface area contributed by atoms with Crippen LogP contribution in [0.15, 0.2) is 29.3 Å². The molecule has 24 heavy (non-hydrogen) atoms. The number of nitrogens with one attached hydrogen (secondary N) is 2. The number of fused-ring (bicyclic) bond motifs is 1. The van der Waals surface area contributed by atoms with E-state index in [2.05, 4.69) is 29.5 Å². The molecule has 6 heteroatoms. The van der Waals surface area contributed by atoms with Crippen LogP contribution in [-0.2, 0) is 11.3 Å². The highest BCUT2D eigenvalue weighted by atomic mass is 127. The molecule has 1 saturated heterocycles. The Morgan fingerprint density at radius 1 is 1.38 bits per heavy atom. The molecule has 1 aromatic carbocycles. The molecule has 1 aromatic rings. The fraction of sp³-hybridized carbons (Fsp3) is 0.611. The number of aliphatic imine (C=N–C) groups is 1. The second-order valence-corrected chi connectivity index (χ2v) is 6.97. The Balaban J connectivity index is 0.00000208. The minimum Gasteiger partial charge on any atom is -0.377 e. The van der Waals surface area contributed by atoms with E-state index in [1.807, 2.05) is 13.0 Å². The maximum atomic E-state index is 13.7. The van der Waals surface area contributed by atoms with Crippen molar-refractivity contribution in [2.24, 2.45) is 16.3 Å². The van der Waals surface area contributed by atoms with Gasteiger partial charge in [-0.25, -0.2) is 9.38 Å². The third-order valence-electron chi connectivity index (χ3n) is 5.10. The van der Waals surface area contributed by atoms with E-state index in [0.717, 1.165) is 25.5 Å². The molecule has 1 aliphatic heterocycles. The van der Waals surface area contributed by atoms with Gasteiger partial charge in [0.05, 0.1) is 12.6 Å². The zero-order valence-corrected chi connectivity index (χ0v) is 16.8. The molecule has 2 aliphatic rings. The van der Waals surface area contributed by atoms with Crippen LogP contribution < -0.4 is 10.6 Å². The second-order valence-electron chi connectivity index (χ2n) is 6.97. The summed E-state index contributed by atoms with van der Waals surface area (Å²) < 4.78 is 19.6. The molecule has 3 rings (SSSR count). The van der Waals surface area contributed by atoms with Gasteiger partial charge in [-0.2, -0.15) is 0 Å². The van der Waals surface area contributed by atoms with Crippen molar-refractivity contribution in [1.29, 1.82) is 0 Å². The molecule has 1 heterocycles. The zero-order valence-electron chi connectivity index (χ0n) is 14.5. The van der Waals surface area contributed by atoms with Crippen LogP contribution in [0.1, 0.15) is 32.8 Å². The molecule has 134 valence electrons. The highest BCUT2D eigenvalue weighted by Gasteiger charge is 2.59. The lowest BCUT2D eigenvalue weighted by atomic mass is 9.57. The molecule has 0 amide bonds. The first-order valence-corrected chi connectivity index (χ1v) is 8.44. The van der Waals surface area contributed by atoms with Crippen molar-refractivity contribution in [3.63, 3.8) is 0 Å². The van der Waals surface area contributed by atoms with Crippen LogP contribution in [0.2, 0.25) is 0 Å². The average molecular weight is 447 g/mol. The number of hydrogen-bond donors (Lipinski definition) is 2. The summed E-state index contributed by atoms with van der Waals surface area (Å²) >= 11 is 0. The van der Waals surface area contributed by atoms with Crippen molar-refractivity contribution in [3.05, 3.63) is 35.6 Å². The van der Waals surface area contributed by atoms with Crippen molar-refractivity contribution in [2.45, 2.75) is 45.9 Å². The predicted molar refractivity (Wildman–Crippen MR) is 105 cm³/mol. The summed E-state index contributed by atoms with van der Waals surface area (Å²) in [6, 6.07) is 7.12. The minimum atomic E-state index is -0.208. The number of halogens is 2. The highest BCUT2D eigenvalue weighted by molar-refractivity contribution is 14.0. The summed E-state index contributed by atoms with van der Waals surface area (Å²) in [4.78, 5) is 4.56. The van der Waals surface area contributed by atoms with E-state index in [9.17, 15) is 4.39 Å². The minimum absolute atomic E-state index is 0. The fourth-order valence-electron chi connectivity index (χ4n) is 3.88.